The van der Waals surface area contributed by atoms with Crippen LogP contribution in [0.4, 0.5) is 17.3 Å². The standard InChI is InChI=1S/C12H12ClN5O2/c13-9-3-1-8(2-4-9)7-15-11-5-10(18(19)20)6-12(16-11)17-14/h1-6H,7,14H2,(H2,15,16,17). The smallest absolute Gasteiger partial charge is 0.276 e. The lowest BCUT2D eigenvalue weighted by Gasteiger charge is -2.07. The molecule has 0 radical (unpaired) electrons. The molecule has 0 aliphatic carbocycles. The molecule has 7 nitrogen and oxygen atoms in total. The number of halogens is 1. The van der Waals surface area contributed by atoms with E-state index in [9.17, 15) is 10.1 Å². The summed E-state index contributed by atoms with van der Waals surface area (Å²) < 4.78 is 0. The van der Waals surface area contributed by atoms with E-state index in [1.165, 1.54) is 12.1 Å². The van der Waals surface area contributed by atoms with Gasteiger partial charge in [-0.2, -0.15) is 0 Å². The summed E-state index contributed by atoms with van der Waals surface area (Å²) in [6, 6.07) is 9.85. The second-order valence-electron chi connectivity index (χ2n) is 3.98. The van der Waals surface area contributed by atoms with E-state index in [2.05, 4.69) is 15.7 Å². The molecule has 1 heterocycles. The quantitative estimate of drug-likeness (QED) is 0.444. The molecule has 1 aromatic carbocycles. The summed E-state index contributed by atoms with van der Waals surface area (Å²) in [6.07, 6.45) is 0. The van der Waals surface area contributed by atoms with Crippen LogP contribution in [0.1, 0.15) is 5.56 Å². The van der Waals surface area contributed by atoms with Gasteiger partial charge in [0.15, 0.2) is 0 Å². The fraction of sp³-hybridized carbons (Fsp3) is 0.0833. The van der Waals surface area contributed by atoms with Crippen LogP contribution in [0.25, 0.3) is 0 Å². The summed E-state index contributed by atoms with van der Waals surface area (Å²) in [5.74, 6) is 5.82. The maximum absolute atomic E-state index is 10.8. The molecule has 0 aliphatic rings. The van der Waals surface area contributed by atoms with Crippen LogP contribution in [-0.4, -0.2) is 9.91 Å². The number of nitrogen functional groups attached to an aromatic ring is 1. The number of aromatic nitrogens is 1. The topological polar surface area (TPSA) is 106 Å². The summed E-state index contributed by atoms with van der Waals surface area (Å²) in [7, 11) is 0. The van der Waals surface area contributed by atoms with Gasteiger partial charge < -0.3 is 10.7 Å². The van der Waals surface area contributed by atoms with Crippen LogP contribution in [0.2, 0.25) is 5.02 Å². The Morgan fingerprint density at radius 3 is 2.50 bits per heavy atom. The number of nitrogens with two attached hydrogens (primary N) is 1. The van der Waals surface area contributed by atoms with E-state index < -0.39 is 4.92 Å². The highest BCUT2D eigenvalue weighted by Gasteiger charge is 2.10. The lowest BCUT2D eigenvalue weighted by Crippen LogP contribution is -2.10. The normalized spacial score (nSPS) is 10.1. The third kappa shape index (κ3) is 3.56. The molecule has 0 saturated carbocycles. The van der Waals surface area contributed by atoms with Gasteiger partial charge in [-0.25, -0.2) is 10.8 Å². The minimum absolute atomic E-state index is 0.0912. The molecule has 0 spiro atoms. The summed E-state index contributed by atoms with van der Waals surface area (Å²) in [5, 5.41) is 14.4. The Labute approximate surface area is 119 Å². The van der Waals surface area contributed by atoms with Gasteiger partial charge in [-0.3, -0.25) is 10.1 Å². The summed E-state index contributed by atoms with van der Waals surface area (Å²) >= 11 is 5.79. The third-order valence-corrected chi connectivity index (χ3v) is 2.81. The summed E-state index contributed by atoms with van der Waals surface area (Å²) in [6.45, 7) is 0.468. The van der Waals surface area contributed by atoms with Crippen molar-refractivity contribution in [3.63, 3.8) is 0 Å². The molecule has 20 heavy (non-hydrogen) atoms. The number of benzene rings is 1. The fourth-order valence-corrected chi connectivity index (χ4v) is 1.71. The van der Waals surface area contributed by atoms with E-state index in [0.29, 0.717) is 17.4 Å². The number of hydrogen-bond acceptors (Lipinski definition) is 6. The highest BCUT2D eigenvalue weighted by Crippen LogP contribution is 2.20. The lowest BCUT2D eigenvalue weighted by molar-refractivity contribution is -0.384. The average molecular weight is 294 g/mol. The molecule has 0 aliphatic heterocycles. The zero-order valence-electron chi connectivity index (χ0n) is 10.3. The van der Waals surface area contributed by atoms with Crippen molar-refractivity contribution < 1.29 is 4.92 Å². The van der Waals surface area contributed by atoms with Crippen molar-refractivity contribution in [2.75, 3.05) is 10.7 Å². The molecule has 0 saturated heterocycles. The van der Waals surface area contributed by atoms with E-state index >= 15 is 0 Å². The van der Waals surface area contributed by atoms with Gasteiger partial charge in [0.25, 0.3) is 5.69 Å². The van der Waals surface area contributed by atoms with E-state index in [4.69, 9.17) is 17.4 Å². The first-order chi connectivity index (χ1) is 9.58. The molecule has 4 N–H and O–H groups in total. The number of nitrogens with one attached hydrogen (secondary N) is 2. The van der Waals surface area contributed by atoms with Gasteiger partial charge in [-0.1, -0.05) is 23.7 Å². The maximum atomic E-state index is 10.8. The lowest BCUT2D eigenvalue weighted by atomic mass is 10.2. The van der Waals surface area contributed by atoms with Gasteiger partial charge in [0.05, 0.1) is 17.1 Å². The zero-order chi connectivity index (χ0) is 14.5. The van der Waals surface area contributed by atoms with Gasteiger partial charge in [0.2, 0.25) is 0 Å². The molecule has 0 atom stereocenters. The van der Waals surface area contributed by atoms with Crippen LogP contribution in [0.15, 0.2) is 36.4 Å². The molecule has 0 amide bonds. The molecule has 104 valence electrons. The van der Waals surface area contributed by atoms with Crippen molar-refractivity contribution in [2.45, 2.75) is 6.54 Å². The predicted molar refractivity (Wildman–Crippen MR) is 77.5 cm³/mol. The number of pyridine rings is 1. The van der Waals surface area contributed by atoms with Gasteiger partial charge in [0, 0.05) is 11.6 Å². The van der Waals surface area contributed by atoms with Gasteiger partial charge in [0.1, 0.15) is 11.6 Å². The van der Waals surface area contributed by atoms with Gasteiger partial charge >= 0.3 is 0 Å². The van der Waals surface area contributed by atoms with Crippen molar-refractivity contribution in [2.24, 2.45) is 5.84 Å². The first-order valence-electron chi connectivity index (χ1n) is 5.70. The molecule has 2 rings (SSSR count). The highest BCUT2D eigenvalue weighted by molar-refractivity contribution is 6.30. The second kappa shape index (κ2) is 6.18. The Kier molecular flexibility index (Phi) is 4.34. The fourth-order valence-electron chi connectivity index (χ4n) is 1.58. The first kappa shape index (κ1) is 14.0. The number of anilines is 2. The van der Waals surface area contributed by atoms with Crippen LogP contribution in [0.3, 0.4) is 0 Å². The maximum Gasteiger partial charge on any atom is 0.276 e. The molecule has 1 aromatic heterocycles. The van der Waals surface area contributed by atoms with Crippen molar-refractivity contribution in [3.05, 3.63) is 57.1 Å². The minimum atomic E-state index is -0.504. The van der Waals surface area contributed by atoms with Gasteiger partial charge in [-0.15, -0.1) is 0 Å². The summed E-state index contributed by atoms with van der Waals surface area (Å²) in [5.41, 5.74) is 3.18. The summed E-state index contributed by atoms with van der Waals surface area (Å²) in [4.78, 5) is 14.4. The monoisotopic (exact) mass is 293 g/mol. The van der Waals surface area contributed by atoms with Crippen molar-refractivity contribution in [3.8, 4) is 0 Å². The number of hydrogen-bond donors (Lipinski definition) is 3. The van der Waals surface area contributed by atoms with Crippen LogP contribution in [-0.2, 0) is 6.54 Å². The number of nitrogens with zero attached hydrogens (tertiary/aromatic N) is 2. The Morgan fingerprint density at radius 1 is 1.25 bits per heavy atom. The Hall–Kier alpha value is -2.38. The third-order valence-electron chi connectivity index (χ3n) is 2.56. The SMILES string of the molecule is NNc1cc([N+](=O)[O-])cc(NCc2ccc(Cl)cc2)n1. The average Bonchev–Trinajstić information content (AvgIpc) is 2.46. The predicted octanol–water partition coefficient (Wildman–Crippen LogP) is 2.54. The molecule has 8 heteroatoms. The molecule has 0 unspecified atom stereocenters. The molecule has 0 bridgehead atoms. The largest absolute Gasteiger partial charge is 0.366 e. The Morgan fingerprint density at radius 2 is 1.90 bits per heavy atom. The Balaban J connectivity index is 2.14. The van der Waals surface area contributed by atoms with Crippen LogP contribution >= 0.6 is 11.6 Å². The van der Waals surface area contributed by atoms with E-state index in [0.717, 1.165) is 5.56 Å². The van der Waals surface area contributed by atoms with Crippen LogP contribution < -0.4 is 16.6 Å². The molecule has 0 fully saturated rings. The first-order valence-corrected chi connectivity index (χ1v) is 6.07. The number of nitro groups is 1. The van der Waals surface area contributed by atoms with Crippen LogP contribution in [0.5, 0.6) is 0 Å². The number of rotatable bonds is 5. The number of hydrazine groups is 1. The second-order valence-corrected chi connectivity index (χ2v) is 4.41. The highest BCUT2D eigenvalue weighted by atomic mass is 35.5. The van der Waals surface area contributed by atoms with Gasteiger partial charge in [-0.05, 0) is 17.7 Å². The molecular weight excluding hydrogens is 282 g/mol. The zero-order valence-corrected chi connectivity index (χ0v) is 11.1. The van der Waals surface area contributed by atoms with Crippen LogP contribution in [0, 0.1) is 10.1 Å². The van der Waals surface area contributed by atoms with Crippen molar-refractivity contribution >= 4 is 28.9 Å². The molecule has 2 aromatic rings. The minimum Gasteiger partial charge on any atom is -0.366 e. The van der Waals surface area contributed by atoms with E-state index in [1.54, 1.807) is 12.1 Å². The van der Waals surface area contributed by atoms with E-state index in [-0.39, 0.29) is 11.5 Å². The Bertz CT molecular complexity index is 618. The molecular formula is C12H12ClN5O2. The van der Waals surface area contributed by atoms with E-state index in [1.807, 2.05) is 12.1 Å². The van der Waals surface area contributed by atoms with Crippen molar-refractivity contribution in [1.29, 1.82) is 0 Å². The van der Waals surface area contributed by atoms with Crippen molar-refractivity contribution in [1.82, 2.24) is 4.98 Å².